The number of aliphatic imine (C=N–C) groups is 2. The molecule has 4 amide bonds. The van der Waals surface area contributed by atoms with E-state index in [0.717, 1.165) is 44.4 Å². The first kappa shape index (κ1) is 43.6. The minimum Gasteiger partial charge on any atom is -0.451 e. The van der Waals surface area contributed by atoms with Gasteiger partial charge < -0.3 is 38.7 Å². The number of hydrogen-bond acceptors (Lipinski definition) is 10. The molecule has 7 rings (SSSR count). The van der Waals surface area contributed by atoms with Crippen LogP contribution in [0.5, 0.6) is 0 Å². The number of aromatic nitrogens is 4. The van der Waals surface area contributed by atoms with Gasteiger partial charge in [0.05, 0.1) is 76.3 Å². The molecule has 3 aromatic carbocycles. The zero-order valence-electron chi connectivity index (χ0n) is 35.7. The van der Waals surface area contributed by atoms with E-state index < -0.39 is 36.1 Å². The van der Waals surface area contributed by atoms with E-state index in [1.807, 2.05) is 45.9 Å². The standard InChI is InChI=1S/C46H52N8O8/c1-27(2)35(21-49-45(57)59-5)43(55)53-15-17-61-25-39(53)41-47-23-37(51-41)30-9-7-29(8-10-30)31-11-12-33-20-34(14-13-32(33)19-31)38-24-48-42(52-38)40-26-62-18-16-54(40)44(56)36(28(3)4)22-50-46(58)60-6/h7-14,19-24,27-28,35-36,39-40H,15-18,25-26H2,1-6H3,(H,47,51)(H,48,52). The lowest BCUT2D eigenvalue weighted by Crippen LogP contribution is -2.47. The molecule has 4 atom stereocenters. The summed E-state index contributed by atoms with van der Waals surface area (Å²) < 4.78 is 20.8. The van der Waals surface area contributed by atoms with E-state index in [0.29, 0.717) is 38.0 Å². The summed E-state index contributed by atoms with van der Waals surface area (Å²) in [4.78, 5) is 78.2. The fraction of sp³-hybridized carbons (Fsp3) is 0.391. The largest absolute Gasteiger partial charge is 0.451 e. The van der Waals surface area contributed by atoms with Gasteiger partial charge in [-0.1, -0.05) is 76.2 Å². The summed E-state index contributed by atoms with van der Waals surface area (Å²) in [5.74, 6) is -0.487. The van der Waals surface area contributed by atoms with Crippen LogP contribution in [0.4, 0.5) is 9.59 Å². The molecule has 4 heterocycles. The van der Waals surface area contributed by atoms with Gasteiger partial charge in [0.25, 0.3) is 0 Å². The molecule has 16 nitrogen and oxygen atoms in total. The number of methoxy groups -OCH3 is 2. The summed E-state index contributed by atoms with van der Waals surface area (Å²) in [5.41, 5.74) is 5.63. The number of rotatable bonds is 11. The van der Waals surface area contributed by atoms with Gasteiger partial charge in [-0.15, -0.1) is 0 Å². The Hall–Kier alpha value is -6.52. The molecule has 2 N–H and O–H groups in total. The number of nitrogens with zero attached hydrogens (tertiary/aromatic N) is 6. The molecule has 5 aromatic rings. The van der Waals surface area contributed by atoms with Gasteiger partial charge in [0.15, 0.2) is 0 Å². The van der Waals surface area contributed by atoms with Crippen molar-refractivity contribution in [3.63, 3.8) is 0 Å². The van der Waals surface area contributed by atoms with E-state index in [2.05, 4.69) is 81.9 Å². The molecular weight excluding hydrogens is 793 g/mol. The van der Waals surface area contributed by atoms with Crippen molar-refractivity contribution in [2.24, 2.45) is 33.7 Å². The van der Waals surface area contributed by atoms with Crippen LogP contribution in [-0.4, -0.2) is 120 Å². The van der Waals surface area contributed by atoms with Gasteiger partial charge in [0.2, 0.25) is 11.8 Å². The van der Waals surface area contributed by atoms with Crippen LogP contribution in [0.2, 0.25) is 0 Å². The first-order valence-corrected chi connectivity index (χ1v) is 20.7. The predicted molar refractivity (Wildman–Crippen MR) is 234 cm³/mol. The van der Waals surface area contributed by atoms with Crippen LogP contribution in [0, 0.1) is 23.7 Å². The number of imidazole rings is 2. The molecule has 324 valence electrons. The predicted octanol–water partition coefficient (Wildman–Crippen LogP) is 7.31. The van der Waals surface area contributed by atoms with E-state index >= 15 is 0 Å². The molecular formula is C46H52N8O8. The number of aromatic amines is 2. The molecule has 2 aromatic heterocycles. The number of nitrogens with one attached hydrogen (secondary N) is 2. The molecule has 0 saturated carbocycles. The van der Waals surface area contributed by atoms with E-state index in [4.69, 9.17) is 9.47 Å². The van der Waals surface area contributed by atoms with Crippen LogP contribution in [0.15, 0.2) is 83.0 Å². The van der Waals surface area contributed by atoms with Gasteiger partial charge in [0, 0.05) is 31.1 Å². The highest BCUT2D eigenvalue weighted by Crippen LogP contribution is 2.33. The number of ether oxygens (including phenoxy) is 4. The van der Waals surface area contributed by atoms with Crippen LogP contribution >= 0.6 is 0 Å². The number of carbonyl (C=O) groups excluding carboxylic acids is 4. The Bertz CT molecular complexity index is 2460. The second-order valence-electron chi connectivity index (χ2n) is 16.0. The zero-order valence-corrected chi connectivity index (χ0v) is 35.7. The van der Waals surface area contributed by atoms with Crippen molar-refractivity contribution in [1.82, 2.24) is 29.7 Å². The third kappa shape index (κ3) is 9.66. The summed E-state index contributed by atoms with van der Waals surface area (Å²) in [5, 5.41) is 2.13. The van der Waals surface area contributed by atoms with Gasteiger partial charge in [-0.05, 0) is 51.4 Å². The lowest BCUT2D eigenvalue weighted by Gasteiger charge is -2.36. The molecule has 2 saturated heterocycles. The van der Waals surface area contributed by atoms with Crippen LogP contribution in [-0.2, 0) is 28.5 Å². The smallest absolute Gasteiger partial charge is 0.432 e. The average Bonchev–Trinajstić information content (AvgIpc) is 4.00. The molecule has 0 spiro atoms. The fourth-order valence-electron chi connectivity index (χ4n) is 7.74. The van der Waals surface area contributed by atoms with Gasteiger partial charge >= 0.3 is 12.2 Å². The lowest BCUT2D eigenvalue weighted by atomic mass is 9.94. The van der Waals surface area contributed by atoms with Crippen molar-refractivity contribution in [1.29, 1.82) is 0 Å². The third-order valence-corrected chi connectivity index (χ3v) is 11.4. The zero-order chi connectivity index (χ0) is 43.9. The number of hydrogen-bond donors (Lipinski definition) is 2. The Balaban J connectivity index is 1.04. The molecule has 0 radical (unpaired) electrons. The third-order valence-electron chi connectivity index (χ3n) is 11.4. The van der Waals surface area contributed by atoms with Crippen LogP contribution in [0.3, 0.4) is 0 Å². The minimum absolute atomic E-state index is 0.0932. The summed E-state index contributed by atoms with van der Waals surface area (Å²) in [6.45, 7) is 9.80. The maximum absolute atomic E-state index is 13.8. The first-order valence-electron chi connectivity index (χ1n) is 20.7. The monoisotopic (exact) mass is 844 g/mol. The summed E-state index contributed by atoms with van der Waals surface area (Å²) in [6.07, 6.45) is 4.78. The molecule has 16 heteroatoms. The van der Waals surface area contributed by atoms with E-state index in [1.54, 1.807) is 22.2 Å². The second-order valence-corrected chi connectivity index (χ2v) is 16.0. The van der Waals surface area contributed by atoms with Crippen molar-refractivity contribution in [2.75, 3.05) is 53.7 Å². The number of carbonyl (C=O) groups is 4. The van der Waals surface area contributed by atoms with Crippen molar-refractivity contribution in [2.45, 2.75) is 39.8 Å². The topological polar surface area (TPSA) is 194 Å². The molecule has 2 fully saturated rings. The van der Waals surface area contributed by atoms with E-state index in [9.17, 15) is 19.2 Å². The summed E-state index contributed by atoms with van der Waals surface area (Å²) in [6, 6.07) is 20.0. The molecule has 0 bridgehead atoms. The fourth-order valence-corrected chi connectivity index (χ4v) is 7.74. The highest BCUT2D eigenvalue weighted by molar-refractivity contribution is 5.98. The number of fused-ring (bicyclic) bond motifs is 1. The van der Waals surface area contributed by atoms with E-state index in [-0.39, 0.29) is 36.9 Å². The summed E-state index contributed by atoms with van der Waals surface area (Å²) in [7, 11) is 2.50. The maximum Gasteiger partial charge on any atom is 0.432 e. The molecule has 2 aliphatic rings. The van der Waals surface area contributed by atoms with Crippen LogP contribution < -0.4 is 0 Å². The average molecular weight is 845 g/mol. The minimum atomic E-state index is -0.751. The highest BCUT2D eigenvalue weighted by Gasteiger charge is 2.37. The highest BCUT2D eigenvalue weighted by atomic mass is 16.5. The molecule has 4 unspecified atom stereocenters. The van der Waals surface area contributed by atoms with Gasteiger partial charge in [-0.3, -0.25) is 9.59 Å². The molecule has 62 heavy (non-hydrogen) atoms. The van der Waals surface area contributed by atoms with E-state index in [1.165, 1.54) is 26.6 Å². The van der Waals surface area contributed by atoms with Gasteiger partial charge in [-0.2, -0.15) is 9.98 Å². The van der Waals surface area contributed by atoms with Crippen LogP contribution in [0.1, 0.15) is 51.4 Å². The van der Waals surface area contributed by atoms with Gasteiger partial charge in [0.1, 0.15) is 23.7 Å². The number of amides is 4. The van der Waals surface area contributed by atoms with Crippen molar-refractivity contribution < 1.29 is 38.1 Å². The normalized spacial score (nSPS) is 18.2. The Kier molecular flexibility index (Phi) is 13.7. The number of morpholine rings is 2. The lowest BCUT2D eigenvalue weighted by molar-refractivity contribution is -0.144. The first-order chi connectivity index (χ1) is 29.9. The van der Waals surface area contributed by atoms with Crippen LogP contribution in [0.25, 0.3) is 44.4 Å². The molecule has 2 aliphatic heterocycles. The van der Waals surface area contributed by atoms with Crippen molar-refractivity contribution in [3.05, 3.63) is 84.7 Å². The number of H-pyrrole nitrogens is 2. The maximum atomic E-state index is 13.8. The van der Waals surface area contributed by atoms with Crippen molar-refractivity contribution >= 4 is 47.2 Å². The number of benzene rings is 3. The second kappa shape index (κ2) is 19.5. The van der Waals surface area contributed by atoms with Gasteiger partial charge in [-0.25, -0.2) is 19.6 Å². The SMILES string of the molecule is COC(=O)N=CC(C(=O)N1CCOCC1c1ncc(-c2ccc(-c3ccc4cc(-c5cnc(C6COCCN6C(=O)C(C=NC(=O)OC)C(C)C)[nH]5)ccc4c3)cc2)[nH]1)C(C)C. The Morgan fingerprint density at radius 2 is 1.06 bits per heavy atom. The quantitative estimate of drug-likeness (QED) is 0.127. The molecule has 0 aliphatic carbocycles. The van der Waals surface area contributed by atoms with Crippen molar-refractivity contribution in [3.8, 4) is 33.6 Å². The Morgan fingerprint density at radius 3 is 1.53 bits per heavy atom. The Morgan fingerprint density at radius 1 is 0.645 bits per heavy atom. The Labute approximate surface area is 359 Å². The summed E-state index contributed by atoms with van der Waals surface area (Å²) >= 11 is 0.